The quantitative estimate of drug-likeness (QED) is 0.256. The number of likely N-dealkylation sites (tertiary alicyclic amines) is 1. The molecule has 0 spiro atoms. The van der Waals surface area contributed by atoms with Gasteiger partial charge in [0.1, 0.15) is 12.2 Å². The third kappa shape index (κ3) is 3.03. The lowest BCUT2D eigenvalue weighted by Crippen LogP contribution is -2.68. The van der Waals surface area contributed by atoms with Gasteiger partial charge >= 0.3 is 5.97 Å². The molecule has 5 heteroatoms. The van der Waals surface area contributed by atoms with Crippen molar-refractivity contribution in [1.29, 1.82) is 0 Å². The average Bonchev–Trinajstić information content (AvgIpc) is 3.07. The third-order valence-electron chi connectivity index (χ3n) is 7.04. The number of allylic oxidation sites excluding steroid dienone is 3. The molecule has 30 heavy (non-hydrogen) atoms. The lowest BCUT2D eigenvalue weighted by Gasteiger charge is -2.59. The van der Waals surface area contributed by atoms with Gasteiger partial charge < -0.3 is 19.5 Å². The van der Waals surface area contributed by atoms with E-state index in [0.717, 1.165) is 30.5 Å². The summed E-state index contributed by atoms with van der Waals surface area (Å²) in [5.41, 5.74) is 3.12. The molecule has 2 aliphatic heterocycles. The largest absolute Gasteiger partial charge is 0.482 e. The summed E-state index contributed by atoms with van der Waals surface area (Å²) in [6.07, 6.45) is 7.06. The summed E-state index contributed by atoms with van der Waals surface area (Å²) < 4.78 is 12.1. The van der Waals surface area contributed by atoms with Gasteiger partial charge in [-0.1, -0.05) is 36.8 Å². The monoisotopic (exact) mass is 409 g/mol. The Kier molecular flexibility index (Phi) is 5.37. The average molecular weight is 410 g/mol. The van der Waals surface area contributed by atoms with Crippen LogP contribution in [0.3, 0.4) is 0 Å². The van der Waals surface area contributed by atoms with E-state index in [1.54, 1.807) is 12.2 Å². The highest BCUT2D eigenvalue weighted by atomic mass is 16.6. The molecule has 5 nitrogen and oxygen atoms in total. The molecule has 4 rings (SSSR count). The first-order valence-corrected chi connectivity index (χ1v) is 10.7. The maximum absolute atomic E-state index is 12.4. The van der Waals surface area contributed by atoms with E-state index in [9.17, 15) is 9.90 Å². The zero-order valence-corrected chi connectivity index (χ0v) is 18.2. The summed E-state index contributed by atoms with van der Waals surface area (Å²) >= 11 is 0. The van der Waals surface area contributed by atoms with E-state index >= 15 is 0 Å². The number of hydrogen-bond donors (Lipinski definition) is 1. The van der Waals surface area contributed by atoms with Crippen LogP contribution >= 0.6 is 0 Å². The number of fused-ring (bicyclic) bond motifs is 2. The van der Waals surface area contributed by atoms with Gasteiger partial charge in [0.15, 0.2) is 11.5 Å². The van der Waals surface area contributed by atoms with E-state index in [1.807, 2.05) is 26.0 Å². The molecule has 1 aromatic carbocycles. The Labute approximate surface area is 178 Å². The molecule has 5 atom stereocenters. The first-order chi connectivity index (χ1) is 14.3. The molecule has 2 heterocycles. The summed E-state index contributed by atoms with van der Waals surface area (Å²) in [7, 11) is 2.15. The van der Waals surface area contributed by atoms with Crippen LogP contribution in [0.1, 0.15) is 38.3 Å². The first-order valence-electron chi connectivity index (χ1n) is 10.7. The van der Waals surface area contributed by atoms with Gasteiger partial charge in [0.25, 0.3) is 0 Å². The second-order valence-corrected chi connectivity index (χ2v) is 8.93. The third-order valence-corrected chi connectivity index (χ3v) is 7.04. The standard InChI is InChI=1S/C25H31NO4/c1-6-19(27)24-25(7-2)17-14-26(5)18(17)13-16-11-12-20(23(30-24)22(16)25)29-21(28)10-8-9-15(3)4/h6,8-12,17-19,24,27H,1,7,13-14H2,2-5H3/b10-8+/t17-,18+,19-,24-,25-/m0/s1. The number of aliphatic hydroxyl groups excluding tert-OH is 1. The lowest BCUT2D eigenvalue weighted by atomic mass is 9.54. The number of rotatable bonds is 6. The molecule has 3 aliphatic rings. The van der Waals surface area contributed by atoms with Crippen molar-refractivity contribution in [2.45, 2.75) is 57.3 Å². The summed E-state index contributed by atoms with van der Waals surface area (Å²) in [5.74, 6) is 0.976. The molecule has 0 radical (unpaired) electrons. The van der Waals surface area contributed by atoms with Crippen LogP contribution in [-0.4, -0.2) is 47.8 Å². The first kappa shape index (κ1) is 20.9. The summed E-state index contributed by atoms with van der Waals surface area (Å²) in [5, 5.41) is 10.8. The van der Waals surface area contributed by atoms with Gasteiger partial charge in [-0.15, -0.1) is 6.58 Å². The molecular weight excluding hydrogens is 378 g/mol. The number of esters is 1. The van der Waals surface area contributed by atoms with E-state index in [4.69, 9.17) is 9.47 Å². The zero-order chi connectivity index (χ0) is 21.6. The van der Waals surface area contributed by atoms with Gasteiger partial charge in [-0.3, -0.25) is 0 Å². The van der Waals surface area contributed by atoms with Gasteiger partial charge in [-0.25, -0.2) is 4.79 Å². The molecular formula is C25H31NO4. The van der Waals surface area contributed by atoms with Gasteiger partial charge in [0.05, 0.1) is 0 Å². The number of carbonyl (C=O) groups is 1. The Bertz CT molecular complexity index is 929. The number of aliphatic hydroxyl groups is 1. The van der Waals surface area contributed by atoms with Crippen LogP contribution < -0.4 is 9.47 Å². The molecule has 0 aromatic heterocycles. The number of carbonyl (C=O) groups excluding carboxylic acids is 1. The van der Waals surface area contributed by atoms with Crippen molar-refractivity contribution in [3.05, 3.63) is 59.7 Å². The molecule has 1 aliphatic carbocycles. The van der Waals surface area contributed by atoms with Crippen LogP contribution in [0.4, 0.5) is 0 Å². The maximum atomic E-state index is 12.4. The predicted molar refractivity (Wildman–Crippen MR) is 117 cm³/mol. The molecule has 1 fully saturated rings. The second-order valence-electron chi connectivity index (χ2n) is 8.93. The molecule has 0 bridgehead atoms. The van der Waals surface area contributed by atoms with Crippen molar-refractivity contribution < 1.29 is 19.4 Å². The number of benzene rings is 1. The number of hydrogen-bond acceptors (Lipinski definition) is 5. The highest BCUT2D eigenvalue weighted by molar-refractivity contribution is 5.85. The maximum Gasteiger partial charge on any atom is 0.336 e. The van der Waals surface area contributed by atoms with Gasteiger partial charge in [-0.2, -0.15) is 0 Å². The van der Waals surface area contributed by atoms with Gasteiger partial charge in [0, 0.05) is 35.6 Å². The van der Waals surface area contributed by atoms with Crippen molar-refractivity contribution in [2.24, 2.45) is 5.92 Å². The minimum atomic E-state index is -0.795. The number of likely N-dealkylation sites (N-methyl/N-ethyl adjacent to an activating group) is 1. The molecule has 0 unspecified atom stereocenters. The molecule has 1 aromatic rings. The van der Waals surface area contributed by atoms with Crippen molar-refractivity contribution in [3.63, 3.8) is 0 Å². The van der Waals surface area contributed by atoms with E-state index in [-0.39, 0.29) is 5.41 Å². The van der Waals surface area contributed by atoms with Crippen molar-refractivity contribution in [3.8, 4) is 11.5 Å². The highest BCUT2D eigenvalue weighted by Gasteiger charge is 2.64. The Morgan fingerprint density at radius 3 is 2.87 bits per heavy atom. The van der Waals surface area contributed by atoms with E-state index in [1.165, 1.54) is 11.6 Å². The molecule has 160 valence electrons. The smallest absolute Gasteiger partial charge is 0.336 e. The van der Waals surface area contributed by atoms with Gasteiger partial charge in [-0.05, 0) is 45.4 Å². The fourth-order valence-electron chi connectivity index (χ4n) is 5.62. The molecule has 0 saturated carbocycles. The van der Waals surface area contributed by atoms with E-state index in [0.29, 0.717) is 23.5 Å². The minimum absolute atomic E-state index is 0.311. The zero-order valence-electron chi connectivity index (χ0n) is 18.2. The molecule has 0 amide bonds. The Balaban J connectivity index is 1.76. The minimum Gasteiger partial charge on any atom is -0.482 e. The van der Waals surface area contributed by atoms with Crippen molar-refractivity contribution in [1.82, 2.24) is 4.90 Å². The fraction of sp³-hybridized carbons (Fsp3) is 0.480. The predicted octanol–water partition coefficient (Wildman–Crippen LogP) is 3.56. The van der Waals surface area contributed by atoms with Crippen LogP contribution in [0.25, 0.3) is 0 Å². The number of nitrogens with zero attached hydrogens (tertiary/aromatic N) is 1. The lowest BCUT2D eigenvalue weighted by molar-refractivity contribution is -0.129. The molecule has 1 N–H and O–H groups in total. The van der Waals surface area contributed by atoms with Crippen LogP contribution in [0.15, 0.2) is 48.6 Å². The number of ether oxygens (including phenoxy) is 2. The van der Waals surface area contributed by atoms with E-state index in [2.05, 4.69) is 31.5 Å². The topological polar surface area (TPSA) is 59.0 Å². The fourth-order valence-corrected chi connectivity index (χ4v) is 5.62. The van der Waals surface area contributed by atoms with Crippen LogP contribution in [0.2, 0.25) is 0 Å². The van der Waals surface area contributed by atoms with Crippen LogP contribution in [-0.2, 0) is 16.6 Å². The van der Waals surface area contributed by atoms with E-state index < -0.39 is 18.2 Å². The second kappa shape index (κ2) is 7.71. The Morgan fingerprint density at radius 2 is 2.23 bits per heavy atom. The van der Waals surface area contributed by atoms with Crippen molar-refractivity contribution in [2.75, 3.05) is 13.6 Å². The Morgan fingerprint density at radius 1 is 1.47 bits per heavy atom. The summed E-state index contributed by atoms with van der Waals surface area (Å²) in [6, 6.07) is 4.31. The highest BCUT2D eigenvalue weighted by Crippen LogP contribution is 2.61. The molecule has 1 saturated heterocycles. The van der Waals surface area contributed by atoms with Gasteiger partial charge in [0.2, 0.25) is 0 Å². The van der Waals surface area contributed by atoms with Crippen LogP contribution in [0, 0.1) is 5.92 Å². The SMILES string of the molecule is C=C[C@H](O)[C@@H]1Oc2c(OC(=O)/C=C/C=C(C)C)ccc3c2[C@]1(CC)[C@H]1CN(C)[C@@H]1C3. The Hall–Kier alpha value is -2.37. The van der Waals surface area contributed by atoms with Crippen LogP contribution in [0.5, 0.6) is 11.5 Å². The summed E-state index contributed by atoms with van der Waals surface area (Å²) in [4.78, 5) is 14.7. The summed E-state index contributed by atoms with van der Waals surface area (Å²) in [6.45, 7) is 10.9. The normalized spacial score (nSPS) is 30.0. The van der Waals surface area contributed by atoms with Crippen molar-refractivity contribution >= 4 is 5.97 Å².